The molecule has 0 spiro atoms. The fourth-order valence-electron chi connectivity index (χ4n) is 2.54. The van der Waals surface area contributed by atoms with Crippen molar-refractivity contribution in [2.45, 2.75) is 35.9 Å². The number of benzene rings is 2. The van der Waals surface area contributed by atoms with Crippen molar-refractivity contribution in [2.24, 2.45) is 0 Å². The number of hydrogen-bond acceptors (Lipinski definition) is 4. The molecule has 8 heteroatoms. The molecule has 0 amide bonds. The van der Waals surface area contributed by atoms with Gasteiger partial charge in [0.25, 0.3) is 0 Å². The van der Waals surface area contributed by atoms with Gasteiger partial charge in [0.1, 0.15) is 11.6 Å². The molecule has 0 aliphatic rings. The van der Waals surface area contributed by atoms with Gasteiger partial charge in [0.15, 0.2) is 5.16 Å². The van der Waals surface area contributed by atoms with E-state index >= 15 is 0 Å². The summed E-state index contributed by atoms with van der Waals surface area (Å²) in [6, 6.07) is 14.3. The summed E-state index contributed by atoms with van der Waals surface area (Å²) < 4.78 is 28.5. The van der Waals surface area contributed by atoms with E-state index in [4.69, 9.17) is 0 Å². The summed E-state index contributed by atoms with van der Waals surface area (Å²) in [4.78, 5) is 0. The van der Waals surface area contributed by atoms with Gasteiger partial charge in [-0.25, -0.2) is 4.39 Å². The van der Waals surface area contributed by atoms with Crippen LogP contribution in [0.15, 0.2) is 58.2 Å². The van der Waals surface area contributed by atoms with Crippen molar-refractivity contribution in [3.8, 4) is 0 Å². The molecule has 0 radical (unpaired) electrons. The van der Waals surface area contributed by atoms with Crippen LogP contribution in [0.3, 0.4) is 0 Å². The summed E-state index contributed by atoms with van der Waals surface area (Å²) in [6.07, 6.45) is 0. The monoisotopic (exact) mass is 467 g/mol. The van der Waals surface area contributed by atoms with Crippen molar-refractivity contribution in [3.63, 3.8) is 0 Å². The van der Waals surface area contributed by atoms with Crippen LogP contribution in [0.2, 0.25) is 0 Å². The topological polar surface area (TPSA) is 47.8 Å². The van der Waals surface area contributed by atoms with Crippen LogP contribution in [-0.4, -0.2) is 19.0 Å². The van der Waals surface area contributed by atoms with E-state index in [1.54, 1.807) is 23.9 Å². The molecule has 1 atom stereocenters. The molecule has 0 aliphatic carbocycles. The molecule has 27 heavy (non-hydrogen) atoms. The van der Waals surface area contributed by atoms with E-state index in [0.717, 1.165) is 26.6 Å². The highest BCUT2D eigenvalue weighted by atomic mass is 79.9. The van der Waals surface area contributed by atoms with Gasteiger partial charge in [0.05, 0.1) is 5.75 Å². The fourth-order valence-corrected chi connectivity index (χ4v) is 4.95. The molecule has 3 rings (SSSR count). The van der Waals surface area contributed by atoms with Gasteiger partial charge in [0.2, 0.25) is 0 Å². The van der Waals surface area contributed by atoms with Gasteiger partial charge in [-0.3, -0.25) is 4.21 Å². The lowest BCUT2D eigenvalue weighted by atomic mass is 10.2. The molecule has 1 heterocycles. The minimum atomic E-state index is -1.06. The van der Waals surface area contributed by atoms with Gasteiger partial charge < -0.3 is 4.57 Å². The summed E-state index contributed by atoms with van der Waals surface area (Å²) in [7, 11) is -1.06. The zero-order valence-corrected chi connectivity index (χ0v) is 18.0. The van der Waals surface area contributed by atoms with Gasteiger partial charge in [-0.2, -0.15) is 0 Å². The molecule has 2 aromatic carbocycles. The maximum Gasteiger partial charge on any atom is 0.191 e. The molecule has 0 N–H and O–H groups in total. The molecule has 4 nitrogen and oxygen atoms in total. The Hall–Kier alpha value is -1.51. The average Bonchev–Trinajstić information content (AvgIpc) is 3.04. The fraction of sp³-hybridized carbons (Fsp3) is 0.263. The Balaban J connectivity index is 1.63. The Labute approximate surface area is 173 Å². The third-order valence-electron chi connectivity index (χ3n) is 3.92. The minimum Gasteiger partial charge on any atom is -0.306 e. The maximum atomic E-state index is 13.0. The molecule has 0 aliphatic heterocycles. The molecule has 0 saturated carbocycles. The molecule has 0 unspecified atom stereocenters. The number of nitrogens with zero attached hydrogens (tertiary/aromatic N) is 3. The highest BCUT2D eigenvalue weighted by Crippen LogP contribution is 2.23. The third-order valence-corrected chi connectivity index (χ3v) is 6.72. The van der Waals surface area contributed by atoms with Crippen LogP contribution >= 0.6 is 27.7 Å². The Bertz CT molecular complexity index is 914. The van der Waals surface area contributed by atoms with Gasteiger partial charge in [0, 0.05) is 33.3 Å². The third kappa shape index (κ3) is 5.73. The summed E-state index contributed by atoms with van der Waals surface area (Å²) in [6.45, 7) is 2.73. The van der Waals surface area contributed by atoms with Crippen LogP contribution in [-0.2, 0) is 34.6 Å². The molecular weight excluding hydrogens is 449 g/mol. The van der Waals surface area contributed by atoms with Crippen LogP contribution in [0.1, 0.15) is 23.9 Å². The van der Waals surface area contributed by atoms with Crippen LogP contribution in [0, 0.1) is 5.82 Å². The number of aromatic nitrogens is 3. The predicted octanol–water partition coefficient (Wildman–Crippen LogP) is 4.94. The minimum absolute atomic E-state index is 0.240. The van der Waals surface area contributed by atoms with Crippen LogP contribution in [0.4, 0.5) is 4.39 Å². The summed E-state index contributed by atoms with van der Waals surface area (Å²) in [5, 5.41) is 9.28. The van der Waals surface area contributed by atoms with E-state index < -0.39 is 10.8 Å². The molecule has 142 valence electrons. The van der Waals surface area contributed by atoms with Crippen molar-refractivity contribution in [1.29, 1.82) is 0 Å². The van der Waals surface area contributed by atoms with Crippen LogP contribution < -0.4 is 0 Å². The SMILES string of the molecule is CCn1c(C[S@@](=O)Cc2ccc(Br)cc2)nnc1SCc1ccc(F)cc1. The van der Waals surface area contributed by atoms with E-state index in [1.807, 2.05) is 35.8 Å². The van der Waals surface area contributed by atoms with Crippen molar-refractivity contribution < 1.29 is 8.60 Å². The lowest BCUT2D eigenvalue weighted by Gasteiger charge is -2.08. The molecule has 1 aromatic heterocycles. The van der Waals surface area contributed by atoms with Crippen molar-refractivity contribution in [2.75, 3.05) is 0 Å². The predicted molar refractivity (Wildman–Crippen MR) is 111 cm³/mol. The van der Waals surface area contributed by atoms with E-state index in [-0.39, 0.29) is 5.82 Å². The first-order valence-electron chi connectivity index (χ1n) is 8.44. The Morgan fingerprint density at radius 1 is 1.04 bits per heavy atom. The first-order chi connectivity index (χ1) is 13.0. The Morgan fingerprint density at radius 3 is 2.37 bits per heavy atom. The molecule has 0 bridgehead atoms. The van der Waals surface area contributed by atoms with Gasteiger partial charge >= 0.3 is 0 Å². The normalized spacial score (nSPS) is 12.3. The highest BCUT2D eigenvalue weighted by Gasteiger charge is 2.14. The summed E-state index contributed by atoms with van der Waals surface area (Å²) >= 11 is 4.95. The summed E-state index contributed by atoms with van der Waals surface area (Å²) in [5.74, 6) is 2.03. The van der Waals surface area contributed by atoms with Crippen LogP contribution in [0.5, 0.6) is 0 Å². The van der Waals surface area contributed by atoms with Gasteiger partial charge in [-0.15, -0.1) is 10.2 Å². The molecule has 3 aromatic rings. The smallest absolute Gasteiger partial charge is 0.191 e. The van der Waals surface area contributed by atoms with Crippen molar-refractivity contribution in [3.05, 3.63) is 75.8 Å². The lowest BCUT2D eigenvalue weighted by Crippen LogP contribution is -2.08. The maximum absolute atomic E-state index is 13.0. The van der Waals surface area contributed by atoms with Gasteiger partial charge in [-0.1, -0.05) is 52.0 Å². The zero-order chi connectivity index (χ0) is 19.2. The quantitative estimate of drug-likeness (QED) is 0.440. The van der Waals surface area contributed by atoms with Gasteiger partial charge in [-0.05, 0) is 42.3 Å². The highest BCUT2D eigenvalue weighted by molar-refractivity contribution is 9.10. The number of halogens is 2. The average molecular weight is 468 g/mol. The van der Waals surface area contributed by atoms with E-state index in [1.165, 1.54) is 12.1 Å². The second-order valence-corrected chi connectivity index (χ2v) is 9.23. The number of rotatable bonds is 8. The molecule has 0 fully saturated rings. The standard InChI is InChI=1S/C19H19BrFN3OS2/c1-2-24-18(13-27(25)12-15-3-7-16(20)8-4-15)22-23-19(24)26-11-14-5-9-17(21)10-6-14/h3-10H,2,11-13H2,1H3/t27-/m0/s1. The first-order valence-corrected chi connectivity index (χ1v) is 11.7. The Morgan fingerprint density at radius 2 is 1.70 bits per heavy atom. The van der Waals surface area contributed by atoms with E-state index in [0.29, 0.717) is 23.8 Å². The number of hydrogen-bond donors (Lipinski definition) is 0. The zero-order valence-electron chi connectivity index (χ0n) is 14.8. The Kier molecular flexibility index (Phi) is 7.20. The van der Waals surface area contributed by atoms with Crippen molar-refractivity contribution in [1.82, 2.24) is 14.8 Å². The largest absolute Gasteiger partial charge is 0.306 e. The van der Waals surface area contributed by atoms with Crippen LogP contribution in [0.25, 0.3) is 0 Å². The number of thioether (sulfide) groups is 1. The lowest BCUT2D eigenvalue weighted by molar-refractivity contribution is 0.627. The van der Waals surface area contributed by atoms with Crippen molar-refractivity contribution >= 4 is 38.5 Å². The second kappa shape index (κ2) is 9.61. The summed E-state index contributed by atoms with van der Waals surface area (Å²) in [5.41, 5.74) is 2.05. The molecule has 0 saturated heterocycles. The second-order valence-electron chi connectivity index (χ2n) is 5.91. The van der Waals surface area contributed by atoms with E-state index in [2.05, 4.69) is 26.1 Å². The molecular formula is C19H19BrFN3OS2. The van der Waals surface area contributed by atoms with E-state index in [9.17, 15) is 8.60 Å². The first kappa shape index (κ1) is 20.2.